The van der Waals surface area contributed by atoms with E-state index in [1.807, 2.05) is 0 Å². The van der Waals surface area contributed by atoms with Crippen LogP contribution in [0.3, 0.4) is 0 Å². The Kier molecular flexibility index (Phi) is 7.59. The van der Waals surface area contributed by atoms with E-state index < -0.39 is 5.41 Å². The van der Waals surface area contributed by atoms with Crippen molar-refractivity contribution in [2.45, 2.75) is 27.3 Å². The minimum absolute atomic E-state index is 0.192. The van der Waals surface area contributed by atoms with Crippen molar-refractivity contribution < 1.29 is 14.7 Å². The topological polar surface area (TPSA) is 126 Å². The molecule has 0 saturated carbocycles. The quantitative estimate of drug-likeness (QED) is 0.323. The highest BCUT2D eigenvalue weighted by atomic mass is 35.5. The van der Waals surface area contributed by atoms with Gasteiger partial charge in [0.15, 0.2) is 0 Å². The van der Waals surface area contributed by atoms with Crippen molar-refractivity contribution in [2.24, 2.45) is 5.41 Å². The molecule has 2 aromatic carbocycles. The van der Waals surface area contributed by atoms with E-state index in [0.717, 1.165) is 5.56 Å². The summed E-state index contributed by atoms with van der Waals surface area (Å²) in [5, 5.41) is 15.5. The third-order valence-electron chi connectivity index (χ3n) is 5.61. The Morgan fingerprint density at radius 1 is 1.00 bits per heavy atom. The minimum atomic E-state index is -0.623. The second-order valence-corrected chi connectivity index (χ2v) is 10.1. The van der Waals surface area contributed by atoms with Crippen LogP contribution < -0.4 is 16.2 Å². The van der Waals surface area contributed by atoms with Crippen LogP contribution in [0.4, 0.5) is 11.4 Å². The number of aromatic hydroxyl groups is 1. The molecule has 194 valence electrons. The standard InChI is InChI=1S/C28H26ClN5O4/c1-28(2,3)27(38)33-23-12-19(29)7-8-21(23)22-14-25(36)34(16-31-22)15-17-5-4-6-18(11-17)26(37)32-20-9-10-30-24(35)13-20/h4-14,16H,15H2,1-3H3,(H,33,38)(H2,30,32,35,37). The maximum atomic E-state index is 13.0. The molecule has 0 aliphatic carbocycles. The van der Waals surface area contributed by atoms with E-state index in [0.29, 0.717) is 33.2 Å². The molecule has 0 radical (unpaired) electrons. The molecule has 4 rings (SSSR count). The first-order chi connectivity index (χ1) is 18.0. The number of benzene rings is 2. The number of hydrogen-bond acceptors (Lipinski definition) is 6. The van der Waals surface area contributed by atoms with E-state index in [4.69, 9.17) is 11.6 Å². The molecule has 9 nitrogen and oxygen atoms in total. The molecule has 0 bridgehead atoms. The number of carbonyl (C=O) groups is 2. The zero-order valence-corrected chi connectivity index (χ0v) is 21.8. The number of nitrogens with one attached hydrogen (secondary N) is 2. The van der Waals surface area contributed by atoms with Gasteiger partial charge in [-0.3, -0.25) is 19.0 Å². The molecule has 0 aliphatic heterocycles. The Balaban J connectivity index is 1.55. The number of aromatic nitrogens is 3. The summed E-state index contributed by atoms with van der Waals surface area (Å²) in [6, 6.07) is 16.1. The highest BCUT2D eigenvalue weighted by Crippen LogP contribution is 2.30. The van der Waals surface area contributed by atoms with Gasteiger partial charge in [0.2, 0.25) is 11.8 Å². The van der Waals surface area contributed by atoms with Gasteiger partial charge in [0.25, 0.3) is 11.5 Å². The van der Waals surface area contributed by atoms with Gasteiger partial charge in [-0.1, -0.05) is 44.5 Å². The predicted molar refractivity (Wildman–Crippen MR) is 146 cm³/mol. The highest BCUT2D eigenvalue weighted by molar-refractivity contribution is 6.31. The highest BCUT2D eigenvalue weighted by Gasteiger charge is 2.23. The first-order valence-corrected chi connectivity index (χ1v) is 12.1. The molecule has 4 aromatic rings. The molecule has 3 N–H and O–H groups in total. The Bertz CT molecular complexity index is 1580. The lowest BCUT2D eigenvalue weighted by atomic mass is 9.95. The zero-order valence-electron chi connectivity index (χ0n) is 21.0. The largest absolute Gasteiger partial charge is 0.493 e. The molecule has 0 spiro atoms. The van der Waals surface area contributed by atoms with E-state index in [1.165, 1.54) is 29.2 Å². The van der Waals surface area contributed by atoms with E-state index in [-0.39, 0.29) is 29.8 Å². The van der Waals surface area contributed by atoms with Gasteiger partial charge in [0.1, 0.15) is 0 Å². The summed E-state index contributed by atoms with van der Waals surface area (Å²) in [6.45, 7) is 5.59. The molecule has 0 saturated heterocycles. The van der Waals surface area contributed by atoms with Crippen LogP contribution in [0.1, 0.15) is 36.7 Å². The second kappa shape index (κ2) is 10.9. The third-order valence-corrected chi connectivity index (χ3v) is 5.85. The van der Waals surface area contributed by atoms with Gasteiger partial charge in [0, 0.05) is 45.6 Å². The summed E-state index contributed by atoms with van der Waals surface area (Å²) in [5.74, 6) is -0.765. The number of carbonyl (C=O) groups excluding carboxylic acids is 2. The van der Waals surface area contributed by atoms with E-state index in [1.54, 1.807) is 69.3 Å². The van der Waals surface area contributed by atoms with Crippen molar-refractivity contribution in [3.8, 4) is 17.1 Å². The molecule has 2 aromatic heterocycles. The van der Waals surface area contributed by atoms with Gasteiger partial charge in [0.05, 0.1) is 24.3 Å². The van der Waals surface area contributed by atoms with Crippen LogP contribution in [0.25, 0.3) is 11.3 Å². The number of nitrogens with zero attached hydrogens (tertiary/aromatic N) is 3. The number of pyridine rings is 1. The molecular formula is C28H26ClN5O4. The van der Waals surface area contributed by atoms with Gasteiger partial charge >= 0.3 is 0 Å². The average molecular weight is 532 g/mol. The summed E-state index contributed by atoms with van der Waals surface area (Å²) in [6.07, 6.45) is 2.81. The zero-order chi connectivity index (χ0) is 27.4. The Morgan fingerprint density at radius 2 is 1.79 bits per heavy atom. The van der Waals surface area contributed by atoms with Gasteiger partial charge in [-0.15, -0.1) is 0 Å². The van der Waals surface area contributed by atoms with Crippen LogP contribution in [0, 0.1) is 5.41 Å². The van der Waals surface area contributed by atoms with Crippen LogP contribution >= 0.6 is 11.6 Å². The summed E-state index contributed by atoms with van der Waals surface area (Å²) in [5.41, 5.74) is 2.00. The maximum absolute atomic E-state index is 13.0. The molecule has 0 fully saturated rings. The van der Waals surface area contributed by atoms with Crippen LogP contribution in [-0.4, -0.2) is 31.5 Å². The van der Waals surface area contributed by atoms with Crippen molar-refractivity contribution in [3.05, 3.63) is 99.7 Å². The maximum Gasteiger partial charge on any atom is 0.255 e. The molecule has 38 heavy (non-hydrogen) atoms. The van der Waals surface area contributed by atoms with Crippen molar-refractivity contribution in [3.63, 3.8) is 0 Å². The van der Waals surface area contributed by atoms with E-state index in [9.17, 15) is 19.5 Å². The fraction of sp³-hybridized carbons (Fsp3) is 0.179. The van der Waals surface area contributed by atoms with Gasteiger partial charge in [-0.25, -0.2) is 9.97 Å². The average Bonchev–Trinajstić information content (AvgIpc) is 2.85. The van der Waals surface area contributed by atoms with Gasteiger partial charge in [-0.2, -0.15) is 0 Å². The lowest BCUT2D eigenvalue weighted by molar-refractivity contribution is -0.123. The Labute approximate surface area is 224 Å². The van der Waals surface area contributed by atoms with Crippen LogP contribution in [0.2, 0.25) is 5.02 Å². The second-order valence-electron chi connectivity index (χ2n) is 9.69. The third kappa shape index (κ3) is 6.43. The van der Waals surface area contributed by atoms with Gasteiger partial charge < -0.3 is 15.7 Å². The molecule has 0 aliphatic rings. The van der Waals surface area contributed by atoms with E-state index in [2.05, 4.69) is 20.6 Å². The predicted octanol–water partition coefficient (Wildman–Crippen LogP) is 4.95. The molecular weight excluding hydrogens is 506 g/mol. The Morgan fingerprint density at radius 3 is 2.50 bits per heavy atom. The molecule has 10 heteroatoms. The number of rotatable bonds is 6. The van der Waals surface area contributed by atoms with Crippen molar-refractivity contribution in [1.29, 1.82) is 0 Å². The van der Waals surface area contributed by atoms with Crippen molar-refractivity contribution >= 4 is 34.8 Å². The number of hydrogen-bond donors (Lipinski definition) is 3. The van der Waals surface area contributed by atoms with Gasteiger partial charge in [-0.05, 0) is 42.0 Å². The molecule has 2 heterocycles. The van der Waals surface area contributed by atoms with Crippen molar-refractivity contribution in [1.82, 2.24) is 14.5 Å². The summed E-state index contributed by atoms with van der Waals surface area (Å²) >= 11 is 6.16. The monoisotopic (exact) mass is 531 g/mol. The number of halogens is 1. The summed E-state index contributed by atoms with van der Waals surface area (Å²) in [4.78, 5) is 46.3. The van der Waals surface area contributed by atoms with Crippen LogP contribution in [0.15, 0.2) is 78.0 Å². The minimum Gasteiger partial charge on any atom is -0.493 e. The first-order valence-electron chi connectivity index (χ1n) is 11.7. The SMILES string of the molecule is CC(C)(C)C(=O)Nc1cc(Cl)ccc1-c1cc(=O)n(Cc2cccc(C(=O)Nc3ccnc(O)c3)c2)cn1. The van der Waals surface area contributed by atoms with Crippen LogP contribution in [0.5, 0.6) is 5.88 Å². The molecule has 0 atom stereocenters. The molecule has 0 unspecified atom stereocenters. The molecule has 2 amide bonds. The first kappa shape index (κ1) is 26.6. The smallest absolute Gasteiger partial charge is 0.255 e. The van der Waals surface area contributed by atoms with Crippen LogP contribution in [-0.2, 0) is 11.3 Å². The lowest BCUT2D eigenvalue weighted by Crippen LogP contribution is -2.28. The summed E-state index contributed by atoms with van der Waals surface area (Å²) in [7, 11) is 0. The van der Waals surface area contributed by atoms with Crippen molar-refractivity contribution in [2.75, 3.05) is 10.6 Å². The fourth-order valence-electron chi connectivity index (χ4n) is 3.55. The van der Waals surface area contributed by atoms with E-state index >= 15 is 0 Å². The Hall–Kier alpha value is -4.50. The fourth-order valence-corrected chi connectivity index (χ4v) is 3.72. The number of amides is 2. The number of anilines is 2. The lowest BCUT2D eigenvalue weighted by Gasteiger charge is -2.19. The summed E-state index contributed by atoms with van der Waals surface area (Å²) < 4.78 is 1.42. The normalized spacial score (nSPS) is 11.2.